The number of unbranched alkanes of at least 4 members (excludes halogenated alkanes) is 39. The Balaban J connectivity index is 3.38. The molecule has 0 saturated heterocycles. The highest BCUT2D eigenvalue weighted by molar-refractivity contribution is 5.76. The Bertz CT molecular complexity index is 924. The number of esters is 1. The summed E-state index contributed by atoms with van der Waals surface area (Å²) in [5, 5.41) is 23.2. The maximum Gasteiger partial charge on any atom is 0.305 e. The summed E-state index contributed by atoms with van der Waals surface area (Å²) in [6.07, 6.45) is 60.5. The fourth-order valence-electron chi connectivity index (χ4n) is 8.75. The first-order valence-electron chi connectivity index (χ1n) is 27.9. The van der Waals surface area contributed by atoms with Crippen molar-refractivity contribution in [3.63, 3.8) is 0 Å². The minimum atomic E-state index is -0.664. The van der Waals surface area contributed by atoms with Crippen LogP contribution < -0.4 is 5.32 Å². The third kappa shape index (κ3) is 48.1. The summed E-state index contributed by atoms with van der Waals surface area (Å²) < 4.78 is 5.47. The SMILES string of the molecule is CCCCCCC/C=C\CCCCCCCC(=O)OCCCCCCCCCCCCCCCCCCCCCC(=O)NC(CO)C(O)CCCCCCCCCCCCCC. The molecule has 0 heterocycles. The number of carbonyl (C=O) groups is 2. The number of aliphatic hydroxyl groups excluding tert-OH is 2. The largest absolute Gasteiger partial charge is 0.466 e. The molecule has 0 aliphatic carbocycles. The third-order valence-electron chi connectivity index (χ3n) is 13.1. The summed E-state index contributed by atoms with van der Waals surface area (Å²) >= 11 is 0. The molecular weight excluding hydrogens is 767 g/mol. The van der Waals surface area contributed by atoms with Gasteiger partial charge in [0.2, 0.25) is 5.91 Å². The van der Waals surface area contributed by atoms with Gasteiger partial charge in [0, 0.05) is 12.8 Å². The van der Waals surface area contributed by atoms with E-state index in [2.05, 4.69) is 31.3 Å². The lowest BCUT2D eigenvalue weighted by Gasteiger charge is -2.22. The number of allylic oxidation sites excluding steroid dienone is 2. The number of carbonyl (C=O) groups excluding carboxylic acids is 2. The van der Waals surface area contributed by atoms with Crippen molar-refractivity contribution in [2.45, 2.75) is 321 Å². The molecule has 62 heavy (non-hydrogen) atoms. The van der Waals surface area contributed by atoms with Gasteiger partial charge in [0.1, 0.15) is 0 Å². The number of rotatable bonds is 52. The molecule has 0 radical (unpaired) electrons. The van der Waals surface area contributed by atoms with Gasteiger partial charge in [-0.3, -0.25) is 9.59 Å². The van der Waals surface area contributed by atoms with Crippen LogP contribution in [-0.4, -0.2) is 47.4 Å². The van der Waals surface area contributed by atoms with E-state index in [1.54, 1.807) is 0 Å². The van der Waals surface area contributed by atoms with Gasteiger partial charge < -0.3 is 20.3 Å². The van der Waals surface area contributed by atoms with E-state index in [-0.39, 0.29) is 18.5 Å². The average Bonchev–Trinajstić information content (AvgIpc) is 3.27. The molecule has 3 N–H and O–H groups in total. The van der Waals surface area contributed by atoms with Gasteiger partial charge >= 0.3 is 5.97 Å². The van der Waals surface area contributed by atoms with Crippen LogP contribution in [0.5, 0.6) is 0 Å². The minimum absolute atomic E-state index is 0.000801. The number of hydrogen-bond acceptors (Lipinski definition) is 5. The summed E-state index contributed by atoms with van der Waals surface area (Å²) in [6.45, 7) is 4.94. The first-order chi connectivity index (χ1) is 30.5. The molecule has 2 unspecified atom stereocenters. The van der Waals surface area contributed by atoms with Crippen LogP contribution in [0.3, 0.4) is 0 Å². The Morgan fingerprint density at radius 2 is 0.758 bits per heavy atom. The summed E-state index contributed by atoms with van der Waals surface area (Å²) in [5.74, 6) is -0.0367. The Labute approximate surface area is 387 Å². The van der Waals surface area contributed by atoms with Crippen LogP contribution in [0, 0.1) is 0 Å². The van der Waals surface area contributed by atoms with E-state index in [1.807, 2.05) is 0 Å². The van der Waals surface area contributed by atoms with E-state index in [9.17, 15) is 19.8 Å². The Hall–Kier alpha value is -1.40. The molecule has 0 rings (SSSR count). The molecular formula is C56H109NO5. The highest BCUT2D eigenvalue weighted by atomic mass is 16.5. The van der Waals surface area contributed by atoms with Gasteiger partial charge in [-0.05, 0) is 51.4 Å². The zero-order valence-corrected chi connectivity index (χ0v) is 41.9. The maximum atomic E-state index is 12.4. The minimum Gasteiger partial charge on any atom is -0.466 e. The molecule has 0 aliphatic rings. The zero-order chi connectivity index (χ0) is 45.1. The molecule has 0 aliphatic heterocycles. The highest BCUT2D eigenvalue weighted by Gasteiger charge is 2.20. The van der Waals surface area contributed by atoms with Crippen molar-refractivity contribution in [3.05, 3.63) is 12.2 Å². The van der Waals surface area contributed by atoms with Crippen molar-refractivity contribution in [1.29, 1.82) is 0 Å². The first kappa shape index (κ1) is 60.6. The quantitative estimate of drug-likeness (QED) is 0.0321. The average molecular weight is 876 g/mol. The summed E-state index contributed by atoms with van der Waals surface area (Å²) in [5.41, 5.74) is 0. The van der Waals surface area contributed by atoms with E-state index in [0.717, 1.165) is 44.9 Å². The summed E-state index contributed by atoms with van der Waals surface area (Å²) in [4.78, 5) is 24.5. The number of aliphatic hydroxyl groups is 2. The number of ether oxygens (including phenoxy) is 1. The van der Waals surface area contributed by atoms with E-state index in [0.29, 0.717) is 25.9 Å². The molecule has 1 amide bonds. The van der Waals surface area contributed by atoms with Crippen LogP contribution in [0.4, 0.5) is 0 Å². The molecule has 0 aromatic heterocycles. The van der Waals surface area contributed by atoms with Crippen LogP contribution in [0.15, 0.2) is 12.2 Å². The van der Waals surface area contributed by atoms with Crippen molar-refractivity contribution < 1.29 is 24.5 Å². The molecule has 6 heteroatoms. The molecule has 368 valence electrons. The third-order valence-corrected chi connectivity index (χ3v) is 13.1. The normalized spacial score (nSPS) is 12.6. The second-order valence-electron chi connectivity index (χ2n) is 19.3. The lowest BCUT2D eigenvalue weighted by molar-refractivity contribution is -0.143. The van der Waals surface area contributed by atoms with Crippen LogP contribution >= 0.6 is 0 Å². The number of hydrogen-bond donors (Lipinski definition) is 3. The van der Waals surface area contributed by atoms with Crippen molar-refractivity contribution in [3.8, 4) is 0 Å². The molecule has 0 fully saturated rings. The monoisotopic (exact) mass is 876 g/mol. The smallest absolute Gasteiger partial charge is 0.305 e. The molecule has 0 spiro atoms. The predicted octanol–water partition coefficient (Wildman–Crippen LogP) is 16.9. The van der Waals surface area contributed by atoms with Crippen molar-refractivity contribution in [2.75, 3.05) is 13.2 Å². The van der Waals surface area contributed by atoms with Gasteiger partial charge in [-0.1, -0.05) is 257 Å². The predicted molar refractivity (Wildman–Crippen MR) is 269 cm³/mol. The lowest BCUT2D eigenvalue weighted by atomic mass is 10.0. The van der Waals surface area contributed by atoms with Crippen molar-refractivity contribution >= 4 is 11.9 Å². The van der Waals surface area contributed by atoms with E-state index >= 15 is 0 Å². The van der Waals surface area contributed by atoms with Gasteiger partial charge in [-0.25, -0.2) is 0 Å². The molecule has 0 bridgehead atoms. The second kappa shape index (κ2) is 52.2. The first-order valence-corrected chi connectivity index (χ1v) is 27.9. The van der Waals surface area contributed by atoms with Crippen LogP contribution in [0.1, 0.15) is 309 Å². The summed E-state index contributed by atoms with van der Waals surface area (Å²) in [7, 11) is 0. The maximum absolute atomic E-state index is 12.4. The topological polar surface area (TPSA) is 95.9 Å². The molecule has 0 aromatic carbocycles. The fraction of sp³-hybridized carbons (Fsp3) is 0.929. The van der Waals surface area contributed by atoms with Crippen LogP contribution in [-0.2, 0) is 14.3 Å². The Kier molecular flexibility index (Phi) is 51.0. The van der Waals surface area contributed by atoms with Gasteiger partial charge in [0.05, 0.1) is 25.4 Å². The highest BCUT2D eigenvalue weighted by Crippen LogP contribution is 2.17. The van der Waals surface area contributed by atoms with Gasteiger partial charge in [0.15, 0.2) is 0 Å². The van der Waals surface area contributed by atoms with E-state index in [1.165, 1.54) is 231 Å². The van der Waals surface area contributed by atoms with Crippen LogP contribution in [0.25, 0.3) is 0 Å². The number of nitrogens with one attached hydrogen (secondary N) is 1. The lowest BCUT2D eigenvalue weighted by Crippen LogP contribution is -2.45. The van der Waals surface area contributed by atoms with Gasteiger partial charge in [-0.2, -0.15) is 0 Å². The van der Waals surface area contributed by atoms with Gasteiger partial charge in [-0.15, -0.1) is 0 Å². The standard InChI is InChI=1S/C56H109NO5/c1-3-5-7-9-11-13-15-17-26-30-34-38-42-46-50-56(61)62-51-47-43-39-35-31-27-24-22-20-18-19-21-23-25-29-33-37-41-45-49-55(60)57-53(52-58)54(59)48-44-40-36-32-28-16-14-12-10-8-6-4-2/h15,17,53-54,58-59H,3-14,16,18-52H2,1-2H3,(H,57,60)/b17-15-. The van der Waals surface area contributed by atoms with Crippen molar-refractivity contribution in [2.24, 2.45) is 0 Å². The molecule has 0 saturated carbocycles. The second-order valence-corrected chi connectivity index (χ2v) is 19.3. The molecule has 2 atom stereocenters. The van der Waals surface area contributed by atoms with Crippen molar-refractivity contribution in [1.82, 2.24) is 5.32 Å². The summed E-state index contributed by atoms with van der Waals surface area (Å²) in [6, 6.07) is -0.542. The zero-order valence-electron chi connectivity index (χ0n) is 41.9. The van der Waals surface area contributed by atoms with E-state index in [4.69, 9.17) is 4.74 Å². The van der Waals surface area contributed by atoms with E-state index < -0.39 is 12.1 Å². The number of amides is 1. The Morgan fingerprint density at radius 1 is 0.435 bits per heavy atom. The van der Waals surface area contributed by atoms with Crippen LogP contribution in [0.2, 0.25) is 0 Å². The van der Waals surface area contributed by atoms with Gasteiger partial charge in [0.25, 0.3) is 0 Å². The Morgan fingerprint density at radius 3 is 1.15 bits per heavy atom. The fourth-order valence-corrected chi connectivity index (χ4v) is 8.75. The molecule has 0 aromatic rings. The molecule has 6 nitrogen and oxygen atoms in total.